The SMILES string of the molecule is CC(C)[C@@H](NC(=O)N1CCO[C@H](CO)C1)c1ccccc1Cl. The number of benzene rings is 1. The van der Waals surface area contributed by atoms with E-state index >= 15 is 0 Å². The van der Waals surface area contributed by atoms with Gasteiger partial charge in [0.2, 0.25) is 0 Å². The number of morpholine rings is 1. The zero-order valence-electron chi connectivity index (χ0n) is 13.0. The van der Waals surface area contributed by atoms with E-state index in [4.69, 9.17) is 16.3 Å². The van der Waals surface area contributed by atoms with Crippen molar-refractivity contribution in [3.05, 3.63) is 34.9 Å². The molecule has 0 spiro atoms. The topological polar surface area (TPSA) is 61.8 Å². The van der Waals surface area contributed by atoms with Crippen LogP contribution in [-0.4, -0.2) is 48.4 Å². The second kappa shape index (κ2) is 7.81. The molecule has 2 amide bonds. The third kappa shape index (κ3) is 4.12. The normalized spacial score (nSPS) is 20.0. The monoisotopic (exact) mass is 326 g/mol. The summed E-state index contributed by atoms with van der Waals surface area (Å²) in [6.07, 6.45) is -0.308. The Labute approximate surface area is 136 Å². The van der Waals surface area contributed by atoms with Crippen LogP contribution in [0.4, 0.5) is 4.79 Å². The van der Waals surface area contributed by atoms with E-state index in [1.807, 2.05) is 38.1 Å². The van der Waals surface area contributed by atoms with Crippen LogP contribution in [0.3, 0.4) is 0 Å². The van der Waals surface area contributed by atoms with Gasteiger partial charge in [0.05, 0.1) is 31.9 Å². The van der Waals surface area contributed by atoms with Crippen molar-refractivity contribution in [2.75, 3.05) is 26.3 Å². The Balaban J connectivity index is 2.08. The predicted octanol–water partition coefficient (Wildman–Crippen LogP) is 2.44. The Morgan fingerprint density at radius 3 is 2.86 bits per heavy atom. The second-order valence-corrected chi connectivity index (χ2v) is 6.22. The number of ether oxygens (including phenoxy) is 1. The van der Waals surface area contributed by atoms with Gasteiger partial charge in [-0.15, -0.1) is 0 Å². The van der Waals surface area contributed by atoms with Gasteiger partial charge in [-0.3, -0.25) is 0 Å². The molecule has 22 heavy (non-hydrogen) atoms. The number of carbonyl (C=O) groups excluding carboxylic acids is 1. The molecule has 0 aliphatic carbocycles. The second-order valence-electron chi connectivity index (χ2n) is 5.81. The molecule has 5 nitrogen and oxygen atoms in total. The maximum atomic E-state index is 12.5. The molecule has 0 aromatic heterocycles. The highest BCUT2D eigenvalue weighted by atomic mass is 35.5. The molecule has 0 bridgehead atoms. The summed E-state index contributed by atoms with van der Waals surface area (Å²) >= 11 is 6.26. The highest BCUT2D eigenvalue weighted by molar-refractivity contribution is 6.31. The van der Waals surface area contributed by atoms with Crippen LogP contribution < -0.4 is 5.32 Å². The average molecular weight is 327 g/mol. The van der Waals surface area contributed by atoms with E-state index in [-0.39, 0.29) is 30.7 Å². The Morgan fingerprint density at radius 1 is 1.50 bits per heavy atom. The standard InChI is InChI=1S/C16H23ClN2O3/c1-11(2)15(13-5-3-4-6-14(13)17)18-16(21)19-7-8-22-12(9-19)10-20/h3-6,11-12,15,20H,7-10H2,1-2H3,(H,18,21)/t12-,15+/m0/s1. The summed E-state index contributed by atoms with van der Waals surface area (Å²) in [6.45, 7) is 5.37. The van der Waals surface area contributed by atoms with E-state index in [2.05, 4.69) is 5.32 Å². The quantitative estimate of drug-likeness (QED) is 0.893. The lowest BCUT2D eigenvalue weighted by molar-refractivity contribution is -0.0406. The predicted molar refractivity (Wildman–Crippen MR) is 86.0 cm³/mol. The first-order chi connectivity index (χ1) is 10.5. The smallest absolute Gasteiger partial charge is 0.318 e. The Morgan fingerprint density at radius 2 is 2.23 bits per heavy atom. The van der Waals surface area contributed by atoms with Gasteiger partial charge < -0.3 is 20.1 Å². The van der Waals surface area contributed by atoms with Crippen molar-refractivity contribution in [2.24, 2.45) is 5.92 Å². The van der Waals surface area contributed by atoms with Gasteiger partial charge in [0.15, 0.2) is 0 Å². The number of urea groups is 1. The molecule has 1 saturated heterocycles. The van der Waals surface area contributed by atoms with Gasteiger partial charge in [0.1, 0.15) is 0 Å². The van der Waals surface area contributed by atoms with E-state index < -0.39 is 0 Å². The van der Waals surface area contributed by atoms with E-state index in [0.29, 0.717) is 24.7 Å². The highest BCUT2D eigenvalue weighted by Gasteiger charge is 2.27. The van der Waals surface area contributed by atoms with Crippen LogP contribution in [0, 0.1) is 5.92 Å². The number of nitrogens with zero attached hydrogens (tertiary/aromatic N) is 1. The van der Waals surface area contributed by atoms with Crippen LogP contribution in [-0.2, 0) is 4.74 Å². The Hall–Kier alpha value is -1.30. The molecule has 0 radical (unpaired) electrons. The molecule has 2 rings (SSSR count). The number of halogens is 1. The van der Waals surface area contributed by atoms with Gasteiger partial charge in [-0.25, -0.2) is 4.79 Å². The molecular weight excluding hydrogens is 304 g/mol. The van der Waals surface area contributed by atoms with Crippen molar-refractivity contribution in [1.82, 2.24) is 10.2 Å². The first-order valence-electron chi connectivity index (χ1n) is 7.55. The lowest BCUT2D eigenvalue weighted by Crippen LogP contribution is -2.51. The third-order valence-corrected chi connectivity index (χ3v) is 4.16. The summed E-state index contributed by atoms with van der Waals surface area (Å²) in [5.41, 5.74) is 0.916. The molecule has 0 saturated carbocycles. The summed E-state index contributed by atoms with van der Waals surface area (Å²) in [7, 11) is 0. The largest absolute Gasteiger partial charge is 0.394 e. The molecule has 122 valence electrons. The van der Waals surface area contributed by atoms with Gasteiger partial charge in [-0.05, 0) is 17.5 Å². The van der Waals surface area contributed by atoms with E-state index in [9.17, 15) is 9.90 Å². The molecule has 1 heterocycles. The van der Waals surface area contributed by atoms with E-state index in [1.54, 1.807) is 4.90 Å². The maximum absolute atomic E-state index is 12.5. The lowest BCUT2D eigenvalue weighted by Gasteiger charge is -2.34. The Kier molecular flexibility index (Phi) is 6.06. The maximum Gasteiger partial charge on any atom is 0.318 e. The summed E-state index contributed by atoms with van der Waals surface area (Å²) in [4.78, 5) is 14.2. The van der Waals surface area contributed by atoms with Crippen LogP contribution in [0.15, 0.2) is 24.3 Å². The molecule has 2 N–H and O–H groups in total. The number of nitrogens with one attached hydrogen (secondary N) is 1. The van der Waals surface area contributed by atoms with Crippen LogP contribution in [0.25, 0.3) is 0 Å². The van der Waals surface area contributed by atoms with Crippen molar-refractivity contribution >= 4 is 17.6 Å². The molecule has 1 aliphatic rings. The van der Waals surface area contributed by atoms with Crippen LogP contribution >= 0.6 is 11.6 Å². The van der Waals surface area contributed by atoms with E-state index in [0.717, 1.165) is 5.56 Å². The fraction of sp³-hybridized carbons (Fsp3) is 0.562. The fourth-order valence-corrected chi connectivity index (χ4v) is 2.82. The summed E-state index contributed by atoms with van der Waals surface area (Å²) < 4.78 is 5.37. The molecule has 2 atom stereocenters. The molecule has 1 aromatic carbocycles. The first-order valence-corrected chi connectivity index (χ1v) is 7.93. The number of amides is 2. The van der Waals surface area contributed by atoms with Gasteiger partial charge in [-0.2, -0.15) is 0 Å². The van der Waals surface area contributed by atoms with Crippen molar-refractivity contribution in [3.8, 4) is 0 Å². The van der Waals surface area contributed by atoms with Crippen LogP contribution in [0.5, 0.6) is 0 Å². The van der Waals surface area contributed by atoms with Gasteiger partial charge in [0, 0.05) is 11.6 Å². The number of aliphatic hydroxyl groups excluding tert-OH is 1. The van der Waals surface area contributed by atoms with Crippen molar-refractivity contribution in [3.63, 3.8) is 0 Å². The summed E-state index contributed by atoms with van der Waals surface area (Å²) in [5, 5.41) is 12.9. The molecule has 0 unspecified atom stereocenters. The van der Waals surface area contributed by atoms with Crippen molar-refractivity contribution < 1.29 is 14.6 Å². The number of hydrogen-bond acceptors (Lipinski definition) is 3. The average Bonchev–Trinajstić information content (AvgIpc) is 2.53. The van der Waals surface area contributed by atoms with Crippen molar-refractivity contribution in [1.29, 1.82) is 0 Å². The minimum Gasteiger partial charge on any atom is -0.394 e. The van der Waals surface area contributed by atoms with Crippen LogP contribution in [0.1, 0.15) is 25.5 Å². The Bertz CT molecular complexity index is 510. The number of aliphatic hydroxyl groups is 1. The molecule has 1 aliphatic heterocycles. The zero-order valence-corrected chi connectivity index (χ0v) is 13.7. The van der Waals surface area contributed by atoms with Crippen molar-refractivity contribution in [2.45, 2.75) is 26.0 Å². The van der Waals surface area contributed by atoms with E-state index in [1.165, 1.54) is 0 Å². The van der Waals surface area contributed by atoms with Gasteiger partial charge >= 0.3 is 6.03 Å². The summed E-state index contributed by atoms with van der Waals surface area (Å²) in [5.74, 6) is 0.207. The molecular formula is C16H23ClN2O3. The first kappa shape index (κ1) is 17.1. The third-order valence-electron chi connectivity index (χ3n) is 3.82. The van der Waals surface area contributed by atoms with Crippen LogP contribution in [0.2, 0.25) is 5.02 Å². The molecule has 6 heteroatoms. The zero-order chi connectivity index (χ0) is 16.1. The number of hydrogen-bond donors (Lipinski definition) is 2. The summed E-state index contributed by atoms with van der Waals surface area (Å²) in [6, 6.07) is 7.24. The molecule has 1 fully saturated rings. The number of carbonyl (C=O) groups is 1. The lowest BCUT2D eigenvalue weighted by atomic mass is 9.96. The minimum atomic E-state index is -0.308. The number of rotatable bonds is 4. The highest BCUT2D eigenvalue weighted by Crippen LogP contribution is 2.28. The fourth-order valence-electron chi connectivity index (χ4n) is 2.57. The van der Waals surface area contributed by atoms with Gasteiger partial charge in [-0.1, -0.05) is 43.6 Å². The molecule has 1 aromatic rings. The minimum absolute atomic E-state index is 0.0814. The van der Waals surface area contributed by atoms with Gasteiger partial charge in [0.25, 0.3) is 0 Å².